The SMILES string of the molecule is CC(C)(C)OC(=O)NCCCCC(NC(=O)OC(C)(C)C)OC=O.Cc1ccc(-c2cc(C(F)(F)F)nn2-c2ccc(S(=O)(=O)NC(=O)C(CCCCNC(=O)OC(C)(C)C)CC(=O)OC(C)(C)C)cc2)cc1.Cc1ccc(-c2cc(C(F)(F)F)nn2-c2ccc(S(=O)(=O)NC(=O)C(CCCCNC(=O)OC(C)(C)C)CC(=O)OC(C)(C)C)cc2)cc1.Cc1ccc(-c2cc(C(F)(F)F)nn2-c2ccc(S(N)(=O)=O)cc2)cc1. The number of hydrogen-bond donors (Lipinski definition) is 7. The molecule has 0 aliphatic heterocycles. The van der Waals surface area contributed by atoms with Gasteiger partial charge in [0.1, 0.15) is 33.6 Å². The first-order valence-corrected chi connectivity index (χ1v) is 51.2. The topological polar surface area (TPSA) is 472 Å². The van der Waals surface area contributed by atoms with Gasteiger partial charge in [-0.05, 0) is 275 Å². The third-order valence-corrected chi connectivity index (χ3v) is 23.5. The lowest BCUT2D eigenvalue weighted by Crippen LogP contribution is -2.40. The molecule has 47 heteroatoms. The van der Waals surface area contributed by atoms with Crippen molar-refractivity contribution in [2.45, 2.75) is 289 Å². The van der Waals surface area contributed by atoms with Crippen molar-refractivity contribution in [1.29, 1.82) is 0 Å². The standard InChI is InChI=1S/2C34H43F3N4O7S.C17H14F3N3O2S.C16H30N2O6/c2*1-22-11-13-23(14-12-22)27-21-28(34(35,36)37)39-41(27)25-15-17-26(18-16-25)49(45,46)40-30(43)24(20-29(42)47-32(2,3)4)10-8-9-19-38-31(44)48-33(5,6)7;1-11-2-4-12(5-3-11)15-10-16(17(18,19)20)22-23(15)13-6-8-14(9-7-13)26(21,24)25;1-15(2,3)23-13(20)17-10-8-7-9-12(22-11-19)18-14(21)24-16(4,5)6/h2*11-18,21,24H,8-10,19-20H2,1-7H3,(H,38,44)(H,40,43);2-10H,1H3,(H2,21,24,25);11-12H,7-10H2,1-6H3,(H,17,20)(H,18,21). The Labute approximate surface area is 855 Å². The third kappa shape index (κ3) is 43.5. The molecule has 3 heterocycles. The maximum Gasteiger partial charge on any atom is 0.435 e. The monoisotopic (exact) mass is 2140 g/mol. The van der Waals surface area contributed by atoms with Gasteiger partial charge in [-0.25, -0.2) is 73.1 Å². The molecule has 148 heavy (non-hydrogen) atoms. The van der Waals surface area contributed by atoms with Crippen LogP contribution in [-0.2, 0) is 106 Å². The summed E-state index contributed by atoms with van der Waals surface area (Å²) in [6, 6.07) is 38.2. The fraction of sp³-hybridized carbons (Fsp3) is 0.465. The van der Waals surface area contributed by atoms with E-state index in [1.54, 1.807) is 197 Å². The normalized spacial score (nSPS) is 12.9. The van der Waals surface area contributed by atoms with Gasteiger partial charge >= 0.3 is 54.8 Å². The molecule has 812 valence electrons. The van der Waals surface area contributed by atoms with Crippen LogP contribution in [0, 0.1) is 32.6 Å². The van der Waals surface area contributed by atoms with Gasteiger partial charge in [0.15, 0.2) is 23.3 Å². The molecule has 8 N–H and O–H groups in total. The molecule has 0 aliphatic carbocycles. The molecule has 0 aliphatic rings. The number of amides is 6. The quantitative estimate of drug-likeness (QED) is 0.00484. The Morgan fingerprint density at radius 1 is 0.351 bits per heavy atom. The average molecular weight is 2150 g/mol. The molecule has 9 rings (SSSR count). The Balaban J connectivity index is 0.000000316. The van der Waals surface area contributed by atoms with Gasteiger partial charge in [0, 0.05) is 54.6 Å². The molecule has 0 saturated heterocycles. The van der Waals surface area contributed by atoms with Gasteiger partial charge in [-0.15, -0.1) is 0 Å². The van der Waals surface area contributed by atoms with Gasteiger partial charge in [0.25, 0.3) is 26.5 Å². The molecule has 0 saturated carbocycles. The second-order valence-electron chi connectivity index (χ2n) is 40.2. The highest BCUT2D eigenvalue weighted by molar-refractivity contribution is 7.90. The predicted octanol–water partition coefficient (Wildman–Crippen LogP) is 19.6. The summed E-state index contributed by atoms with van der Waals surface area (Å²) >= 11 is 0. The van der Waals surface area contributed by atoms with Crippen LogP contribution in [0.25, 0.3) is 50.8 Å². The van der Waals surface area contributed by atoms with E-state index >= 15 is 0 Å². The summed E-state index contributed by atoms with van der Waals surface area (Å²) in [4.78, 5) is 108. The highest BCUT2D eigenvalue weighted by Gasteiger charge is 2.40. The number of alkyl halides is 9. The van der Waals surface area contributed by atoms with E-state index in [0.29, 0.717) is 68.2 Å². The minimum Gasteiger partial charge on any atom is -0.460 e. The number of benzene rings is 6. The number of ether oxygens (including phenoxy) is 7. The molecule has 6 amide bonds. The third-order valence-electron chi connectivity index (χ3n) is 19.9. The summed E-state index contributed by atoms with van der Waals surface area (Å²) < 4.78 is 240. The second kappa shape index (κ2) is 51.9. The van der Waals surface area contributed by atoms with Crippen LogP contribution >= 0.6 is 0 Å². The molecule has 3 atom stereocenters. The van der Waals surface area contributed by atoms with E-state index in [9.17, 15) is 108 Å². The predicted molar refractivity (Wildman–Crippen MR) is 531 cm³/mol. The van der Waals surface area contributed by atoms with Crippen molar-refractivity contribution >= 4 is 84.7 Å². The van der Waals surface area contributed by atoms with E-state index < -0.39 is 165 Å². The lowest BCUT2D eigenvalue weighted by molar-refractivity contribution is -0.158. The van der Waals surface area contributed by atoms with E-state index in [4.69, 9.17) is 38.3 Å². The minimum atomic E-state index is -4.72. The minimum absolute atomic E-state index is 0.109. The van der Waals surface area contributed by atoms with Crippen LogP contribution in [0.5, 0.6) is 0 Å². The van der Waals surface area contributed by atoms with Crippen LogP contribution in [0.1, 0.15) is 229 Å². The highest BCUT2D eigenvalue weighted by Crippen LogP contribution is 2.38. The Bertz CT molecular complexity index is 6080. The van der Waals surface area contributed by atoms with Crippen LogP contribution < -0.4 is 35.9 Å². The maximum absolute atomic E-state index is 13.6. The van der Waals surface area contributed by atoms with E-state index in [1.165, 1.54) is 48.5 Å². The number of carbonyl (C=O) groups is 9. The summed E-state index contributed by atoms with van der Waals surface area (Å²) in [5, 5.41) is 26.5. The molecular formula is C101H130F9N13O22S3. The number of primary sulfonamides is 1. The lowest BCUT2D eigenvalue weighted by Gasteiger charge is -2.22. The van der Waals surface area contributed by atoms with E-state index in [0.717, 1.165) is 73.2 Å². The van der Waals surface area contributed by atoms with Crippen molar-refractivity contribution in [3.05, 3.63) is 198 Å². The summed E-state index contributed by atoms with van der Waals surface area (Å²) in [7, 11) is -12.8. The number of hydrogen-bond acceptors (Lipinski definition) is 25. The van der Waals surface area contributed by atoms with Crippen molar-refractivity contribution in [2.24, 2.45) is 17.0 Å². The van der Waals surface area contributed by atoms with E-state index in [-0.39, 0.29) is 94.1 Å². The zero-order valence-corrected chi connectivity index (χ0v) is 88.6. The number of nitrogens with zero attached hydrogens (tertiary/aromatic N) is 6. The number of alkyl carbamates (subject to hydrolysis) is 4. The molecule has 9 aromatic rings. The van der Waals surface area contributed by atoms with Gasteiger partial charge in [-0.2, -0.15) is 54.8 Å². The van der Waals surface area contributed by atoms with Crippen LogP contribution in [0.3, 0.4) is 0 Å². The van der Waals surface area contributed by atoms with Crippen LogP contribution in [0.4, 0.5) is 58.7 Å². The van der Waals surface area contributed by atoms with Crippen molar-refractivity contribution in [2.75, 3.05) is 19.6 Å². The number of esters is 2. The Kier molecular flexibility index (Phi) is 43.3. The van der Waals surface area contributed by atoms with Crippen LogP contribution in [-0.4, -0.2) is 169 Å². The fourth-order valence-corrected chi connectivity index (χ4v) is 15.9. The Morgan fingerprint density at radius 2 is 0.601 bits per heavy atom. The molecule has 6 aromatic carbocycles. The molecule has 0 spiro atoms. The van der Waals surface area contributed by atoms with E-state index in [1.807, 2.05) is 30.2 Å². The molecule has 0 fully saturated rings. The summed E-state index contributed by atoms with van der Waals surface area (Å²) in [6.07, 6.45) is -14.5. The summed E-state index contributed by atoms with van der Waals surface area (Å²) in [5.74, 6) is -5.40. The molecule has 0 radical (unpaired) electrons. The zero-order chi connectivity index (χ0) is 111. The van der Waals surface area contributed by atoms with Gasteiger partial charge in [0.05, 0.1) is 61.7 Å². The molecule has 3 unspecified atom stereocenters. The molecular weight excluding hydrogens is 2010 g/mol. The summed E-state index contributed by atoms with van der Waals surface area (Å²) in [5.41, 5.74) is -2.10. The van der Waals surface area contributed by atoms with Crippen molar-refractivity contribution in [3.63, 3.8) is 0 Å². The first-order chi connectivity index (χ1) is 68.1. The van der Waals surface area contributed by atoms with Crippen LogP contribution in [0.2, 0.25) is 0 Å². The van der Waals surface area contributed by atoms with Gasteiger partial charge < -0.3 is 49.1 Å². The number of unbranched alkanes of at least 4 members (excludes halogenated alkanes) is 3. The number of aryl methyl sites for hydroxylation is 3. The van der Waals surface area contributed by atoms with Gasteiger partial charge in [-0.1, -0.05) is 102 Å². The van der Waals surface area contributed by atoms with Crippen molar-refractivity contribution < 1.29 is 141 Å². The second-order valence-corrected chi connectivity index (χ2v) is 45.1. The number of rotatable bonds is 35. The number of carbonyl (C=O) groups excluding carboxylic acids is 9. The number of nitrogens with two attached hydrogens (primary N) is 1. The number of halogens is 9. The number of aromatic nitrogens is 6. The van der Waals surface area contributed by atoms with Gasteiger partial charge in [0.2, 0.25) is 21.8 Å². The van der Waals surface area contributed by atoms with Gasteiger partial charge in [-0.3, -0.25) is 29.3 Å². The number of sulfonamides is 3. The average Bonchev–Trinajstić information content (AvgIpc) is 1.65. The first-order valence-electron chi connectivity index (χ1n) is 46.7. The molecule has 3 aromatic heterocycles. The fourth-order valence-electron chi connectivity index (χ4n) is 13.3. The number of nitrogens with one attached hydrogen (secondary N) is 6. The lowest BCUT2D eigenvalue weighted by atomic mass is 9.97. The highest BCUT2D eigenvalue weighted by atomic mass is 32.2. The Morgan fingerprint density at radius 3 is 0.845 bits per heavy atom. The largest absolute Gasteiger partial charge is 0.460 e. The zero-order valence-electron chi connectivity index (χ0n) is 86.2. The molecule has 35 nitrogen and oxygen atoms in total. The Hall–Kier alpha value is -13.4. The maximum atomic E-state index is 13.6. The smallest absolute Gasteiger partial charge is 0.435 e. The van der Waals surface area contributed by atoms with Crippen molar-refractivity contribution in [1.82, 2.24) is 60.1 Å². The summed E-state index contributed by atoms with van der Waals surface area (Å²) in [6.45, 7) is 37.6. The van der Waals surface area contributed by atoms with Crippen molar-refractivity contribution in [3.8, 4) is 50.8 Å². The van der Waals surface area contributed by atoms with E-state index in [2.05, 4.69) is 36.6 Å². The first kappa shape index (κ1) is 123. The molecule has 0 bridgehead atoms. The van der Waals surface area contributed by atoms with Crippen LogP contribution in [0.15, 0.2) is 178 Å².